The Morgan fingerprint density at radius 1 is 0.594 bits per heavy atom. The van der Waals surface area contributed by atoms with Crippen molar-refractivity contribution in [3.63, 3.8) is 0 Å². The van der Waals surface area contributed by atoms with E-state index in [-0.39, 0.29) is 23.7 Å². The van der Waals surface area contributed by atoms with Crippen molar-refractivity contribution in [3.8, 4) is 0 Å². The molecule has 0 saturated carbocycles. The summed E-state index contributed by atoms with van der Waals surface area (Å²) in [6.45, 7) is 17.0. The number of amides is 2. The van der Waals surface area contributed by atoms with Gasteiger partial charge in [0.1, 0.15) is 0 Å². The number of hydrogen-bond acceptors (Lipinski definition) is 6. The van der Waals surface area contributed by atoms with Crippen LogP contribution in [-0.4, -0.2) is 11.8 Å². The fourth-order valence-corrected chi connectivity index (χ4v) is 7.76. The number of anilines is 2. The van der Waals surface area contributed by atoms with Gasteiger partial charge in [-0.1, -0.05) is 55.4 Å². The largest absolute Gasteiger partial charge is 0.274 e. The molecule has 0 aromatic carbocycles. The minimum absolute atomic E-state index is 0.207. The number of fused-ring (bicyclic) bond motifs is 2. The molecule has 0 aliphatic carbocycles. The number of nitrogens with zero attached hydrogens (tertiary/aromatic N) is 2. The summed E-state index contributed by atoms with van der Waals surface area (Å²) in [4.78, 5) is 30.9. The molecule has 8 heteroatoms. The van der Waals surface area contributed by atoms with Crippen LogP contribution >= 0.6 is 22.7 Å². The molecule has 0 bridgehead atoms. The SMILES string of the molecule is CC(C)c1sc2c(c1C(C)C)N(N)C(=O)/C2=C1/C(=O)N(N)c2c1sc(C(C)C)c2C(C)C. The van der Waals surface area contributed by atoms with Crippen LogP contribution in [0.3, 0.4) is 0 Å². The van der Waals surface area contributed by atoms with Gasteiger partial charge in [-0.25, -0.2) is 21.7 Å². The fourth-order valence-electron chi connectivity index (χ4n) is 4.77. The van der Waals surface area contributed by atoms with E-state index >= 15 is 0 Å². The summed E-state index contributed by atoms with van der Waals surface area (Å²) >= 11 is 3.16. The van der Waals surface area contributed by atoms with E-state index in [1.807, 2.05) is 0 Å². The van der Waals surface area contributed by atoms with Crippen molar-refractivity contribution < 1.29 is 9.59 Å². The van der Waals surface area contributed by atoms with Crippen molar-refractivity contribution in [3.05, 3.63) is 30.6 Å². The summed E-state index contributed by atoms with van der Waals surface area (Å²) in [5.74, 6) is 13.0. The van der Waals surface area contributed by atoms with Crippen LogP contribution in [0.2, 0.25) is 0 Å². The Bertz CT molecular complexity index is 1080. The molecule has 6 nitrogen and oxygen atoms in total. The van der Waals surface area contributed by atoms with Crippen molar-refractivity contribution in [1.82, 2.24) is 0 Å². The first kappa shape index (κ1) is 23.2. The first-order chi connectivity index (χ1) is 14.9. The maximum absolute atomic E-state index is 13.4. The molecule has 0 fully saturated rings. The molecule has 172 valence electrons. The second kappa shape index (κ2) is 7.80. The molecule has 0 unspecified atom stereocenters. The Hall–Kier alpha value is -2.00. The molecule has 2 aromatic rings. The van der Waals surface area contributed by atoms with Gasteiger partial charge in [0.15, 0.2) is 0 Å². The highest BCUT2D eigenvalue weighted by atomic mass is 32.1. The second-order valence-electron chi connectivity index (χ2n) is 9.83. The van der Waals surface area contributed by atoms with Crippen molar-refractivity contribution in [2.24, 2.45) is 11.7 Å². The number of thiophene rings is 2. The van der Waals surface area contributed by atoms with Crippen LogP contribution in [0.5, 0.6) is 0 Å². The van der Waals surface area contributed by atoms with Crippen molar-refractivity contribution in [2.75, 3.05) is 10.0 Å². The zero-order chi connectivity index (χ0) is 23.8. The van der Waals surface area contributed by atoms with Gasteiger partial charge in [-0.2, -0.15) is 0 Å². The van der Waals surface area contributed by atoms with Gasteiger partial charge in [0.05, 0.1) is 32.3 Å². The van der Waals surface area contributed by atoms with E-state index < -0.39 is 0 Å². The summed E-state index contributed by atoms with van der Waals surface area (Å²) in [7, 11) is 0. The average molecular weight is 473 g/mol. The minimum Gasteiger partial charge on any atom is -0.267 e. The highest BCUT2D eigenvalue weighted by Gasteiger charge is 2.46. The Balaban J connectivity index is 2.08. The third kappa shape index (κ3) is 3.04. The quantitative estimate of drug-likeness (QED) is 0.341. The summed E-state index contributed by atoms with van der Waals surface area (Å²) in [5.41, 5.74) is 4.48. The first-order valence-corrected chi connectivity index (χ1v) is 12.8. The van der Waals surface area contributed by atoms with Crippen LogP contribution < -0.4 is 21.7 Å². The molecule has 4 N–H and O–H groups in total. The minimum atomic E-state index is -0.335. The van der Waals surface area contributed by atoms with E-state index in [1.54, 1.807) is 22.7 Å². The normalized spacial score (nSPS) is 18.4. The molecular weight excluding hydrogens is 440 g/mol. The molecular formula is C24H32N4O2S2. The Kier molecular flexibility index (Phi) is 5.65. The van der Waals surface area contributed by atoms with Crippen LogP contribution in [0.15, 0.2) is 0 Å². The van der Waals surface area contributed by atoms with Crippen LogP contribution in [0, 0.1) is 0 Å². The molecule has 0 atom stereocenters. The molecule has 2 aromatic heterocycles. The summed E-state index contributed by atoms with van der Waals surface area (Å²) in [6, 6.07) is 0. The van der Waals surface area contributed by atoms with E-state index in [1.165, 1.54) is 19.8 Å². The maximum Gasteiger partial charge on any atom is 0.274 e. The topological polar surface area (TPSA) is 92.7 Å². The van der Waals surface area contributed by atoms with Gasteiger partial charge in [0, 0.05) is 9.75 Å². The van der Waals surface area contributed by atoms with Gasteiger partial charge in [-0.15, -0.1) is 22.7 Å². The number of rotatable bonds is 4. The van der Waals surface area contributed by atoms with Crippen molar-refractivity contribution in [2.45, 2.75) is 79.1 Å². The van der Waals surface area contributed by atoms with E-state index in [0.29, 0.717) is 23.0 Å². The monoisotopic (exact) mass is 472 g/mol. The molecule has 0 radical (unpaired) electrons. The van der Waals surface area contributed by atoms with Gasteiger partial charge >= 0.3 is 0 Å². The van der Waals surface area contributed by atoms with E-state index in [9.17, 15) is 9.59 Å². The number of hydrazine groups is 2. The molecule has 2 aliphatic heterocycles. The van der Waals surface area contributed by atoms with Gasteiger partial charge < -0.3 is 0 Å². The van der Waals surface area contributed by atoms with Gasteiger partial charge in [0.2, 0.25) is 0 Å². The molecule has 2 amide bonds. The molecule has 32 heavy (non-hydrogen) atoms. The molecule has 0 spiro atoms. The summed E-state index contributed by atoms with van der Waals surface area (Å²) in [6.07, 6.45) is 0. The molecule has 4 heterocycles. The highest BCUT2D eigenvalue weighted by molar-refractivity contribution is 7.16. The Labute approximate surface area is 197 Å². The third-order valence-electron chi connectivity index (χ3n) is 6.15. The van der Waals surface area contributed by atoms with Crippen LogP contribution in [-0.2, 0) is 9.59 Å². The Morgan fingerprint density at radius 2 is 0.906 bits per heavy atom. The van der Waals surface area contributed by atoms with Crippen LogP contribution in [0.1, 0.15) is 110 Å². The number of carbonyl (C=O) groups excluding carboxylic acids is 2. The van der Waals surface area contributed by atoms with Crippen molar-refractivity contribution in [1.29, 1.82) is 0 Å². The van der Waals surface area contributed by atoms with Crippen molar-refractivity contribution >= 4 is 57.0 Å². The molecule has 2 aliphatic rings. The zero-order valence-corrected chi connectivity index (χ0v) is 21.6. The lowest BCUT2D eigenvalue weighted by Crippen LogP contribution is -2.36. The lowest BCUT2D eigenvalue weighted by molar-refractivity contribution is -0.114. The smallest absolute Gasteiger partial charge is 0.267 e. The van der Waals surface area contributed by atoms with E-state index in [2.05, 4.69) is 55.4 Å². The zero-order valence-electron chi connectivity index (χ0n) is 20.0. The third-order valence-corrected chi connectivity index (χ3v) is 9.18. The first-order valence-electron chi connectivity index (χ1n) is 11.2. The van der Waals surface area contributed by atoms with Gasteiger partial charge in [-0.3, -0.25) is 9.59 Å². The maximum atomic E-state index is 13.4. The predicted molar refractivity (Wildman–Crippen MR) is 135 cm³/mol. The fraction of sp³-hybridized carbons (Fsp3) is 0.500. The highest BCUT2D eigenvalue weighted by Crippen LogP contribution is 2.56. The summed E-state index contributed by atoms with van der Waals surface area (Å²) in [5, 5.41) is 2.48. The second-order valence-corrected chi connectivity index (χ2v) is 11.9. The van der Waals surface area contributed by atoms with E-state index in [0.717, 1.165) is 32.3 Å². The standard InChI is InChI=1S/C24H32N4O2S2/c1-9(2)13-17-21(31-19(13)11(5)6)15(23(29)27(17)25)16-22-18(28(26)24(16)30)14(10(3)4)20(32-22)12(7)8/h9-12H,25-26H2,1-8H3/b16-15+. The van der Waals surface area contributed by atoms with E-state index in [4.69, 9.17) is 11.7 Å². The van der Waals surface area contributed by atoms with Crippen LogP contribution in [0.25, 0.3) is 11.1 Å². The predicted octanol–water partition coefficient (Wildman–Crippen LogP) is 5.65. The average Bonchev–Trinajstić information content (AvgIpc) is 3.39. The Morgan fingerprint density at radius 3 is 1.16 bits per heavy atom. The van der Waals surface area contributed by atoms with Gasteiger partial charge in [0.25, 0.3) is 11.8 Å². The molecule has 0 saturated heterocycles. The lowest BCUT2D eigenvalue weighted by Gasteiger charge is -2.17. The number of nitrogens with two attached hydrogens (primary N) is 2. The summed E-state index contributed by atoms with van der Waals surface area (Å²) < 4.78 is 0. The molecule has 4 rings (SSSR count). The van der Waals surface area contributed by atoms with Crippen LogP contribution in [0.4, 0.5) is 11.4 Å². The number of hydrogen-bond donors (Lipinski definition) is 2. The lowest BCUT2D eigenvalue weighted by atomic mass is 9.96. The number of carbonyl (C=O) groups is 2. The van der Waals surface area contributed by atoms with Gasteiger partial charge in [-0.05, 0) is 34.8 Å².